The van der Waals surface area contributed by atoms with Gasteiger partial charge in [-0.1, -0.05) is 0 Å². The average Bonchev–Trinajstić information content (AvgIpc) is 2.08. The second kappa shape index (κ2) is 4.03. The molecule has 0 unspecified atom stereocenters. The molecule has 1 rings (SSSR count). The maximum Gasteiger partial charge on any atom is 0 e. The normalized spacial score (nSPS) is 19.1. The minimum Gasteiger partial charge on any atom is 0 e. The van der Waals surface area contributed by atoms with Crippen LogP contribution in [0.4, 0.5) is 0 Å². The predicted octanol–water partition coefficient (Wildman–Crippen LogP) is 3.20. The molecule has 0 fully saturated rings. The van der Waals surface area contributed by atoms with E-state index in [1.807, 2.05) is 0 Å². The first-order valence-electron chi connectivity index (χ1n) is 2.80. The molecule has 0 atom stereocenters. The maximum atomic E-state index is 2.44. The Morgan fingerprint density at radius 1 is 1.00 bits per heavy atom. The third-order valence-corrected chi connectivity index (χ3v) is 6.73. The van der Waals surface area contributed by atoms with Gasteiger partial charge in [0.25, 0.3) is 0 Å². The topological polar surface area (TPSA) is 0 Å². The van der Waals surface area contributed by atoms with Gasteiger partial charge in [0, 0.05) is 21.1 Å². The smallest absolute Gasteiger partial charge is 0 e. The van der Waals surface area contributed by atoms with Crippen molar-refractivity contribution in [2.24, 2.45) is 0 Å². The van der Waals surface area contributed by atoms with Gasteiger partial charge in [-0.15, -0.1) is 0 Å². The van der Waals surface area contributed by atoms with Gasteiger partial charge in [0.15, 0.2) is 0 Å². The van der Waals surface area contributed by atoms with Gasteiger partial charge in [0.2, 0.25) is 0 Å². The molecule has 0 nitrogen and oxygen atoms in total. The average molecular weight is 500 g/mol. The molecule has 0 amide bonds. The second-order valence-electron chi connectivity index (χ2n) is 2.67. The van der Waals surface area contributed by atoms with E-state index in [0.29, 0.717) is 0 Å². The summed E-state index contributed by atoms with van der Waals surface area (Å²) in [6.07, 6.45) is 8.99. The van der Waals surface area contributed by atoms with Crippen LogP contribution in [0, 0.1) is 0 Å². The van der Waals surface area contributed by atoms with E-state index < -0.39 is 16.1 Å². The molecular formula is C8H14Pt2. The van der Waals surface area contributed by atoms with Crippen LogP contribution in [-0.2, 0) is 37.1 Å². The third-order valence-electron chi connectivity index (χ3n) is 1.31. The summed E-state index contributed by atoms with van der Waals surface area (Å²) in [5, 5.41) is 7.33. The van der Waals surface area contributed by atoms with Crippen LogP contribution in [0.3, 0.4) is 0 Å². The Labute approximate surface area is 81.2 Å². The zero-order valence-corrected chi connectivity index (χ0v) is 11.1. The van der Waals surface area contributed by atoms with Crippen LogP contribution in [0.25, 0.3) is 0 Å². The van der Waals surface area contributed by atoms with Crippen LogP contribution in [0.2, 0.25) is 20.2 Å². The van der Waals surface area contributed by atoms with Gasteiger partial charge < -0.3 is 0 Å². The molecule has 2 heteroatoms. The molecule has 0 aromatic rings. The molecule has 66 valence electrons. The van der Waals surface area contributed by atoms with Gasteiger partial charge >= 0.3 is 60.6 Å². The molecular weight excluding hydrogens is 486 g/mol. The zero-order chi connectivity index (χ0) is 6.91. The first kappa shape index (κ1) is 10.9. The van der Waals surface area contributed by atoms with Crippen LogP contribution in [-0.4, -0.2) is 0 Å². The van der Waals surface area contributed by atoms with Gasteiger partial charge in [-0.25, -0.2) is 0 Å². The van der Waals surface area contributed by atoms with Crippen LogP contribution in [0.5, 0.6) is 0 Å². The molecule has 0 radical (unpaired) electrons. The largest absolute Gasteiger partial charge is 0 e. The van der Waals surface area contributed by atoms with Crippen molar-refractivity contribution >= 4 is 0 Å². The molecule has 0 aromatic heterocycles. The first-order chi connectivity index (χ1) is 4.11. The van der Waals surface area contributed by atoms with Crippen molar-refractivity contribution in [3.8, 4) is 0 Å². The minimum absolute atomic E-state index is 0. The van der Waals surface area contributed by atoms with Gasteiger partial charge in [-0.2, -0.15) is 0 Å². The Hall–Kier alpha value is 0.857. The fraction of sp³-hybridized carbons (Fsp3) is 0.500. The van der Waals surface area contributed by atoms with E-state index in [9.17, 15) is 0 Å². The number of allylic oxidation sites excluding steroid dienone is 4. The molecule has 0 bridgehead atoms. The van der Waals surface area contributed by atoms with E-state index in [4.69, 9.17) is 0 Å². The van der Waals surface area contributed by atoms with E-state index in [2.05, 4.69) is 40.2 Å². The molecule has 0 saturated heterocycles. The predicted molar refractivity (Wildman–Crippen MR) is 39.6 cm³/mol. The van der Waals surface area contributed by atoms with Crippen molar-refractivity contribution < 1.29 is 37.1 Å². The van der Waals surface area contributed by atoms with Crippen LogP contribution in [0.1, 0.15) is 0 Å². The molecule has 0 N–H and O–H groups in total. The Bertz CT molecular complexity index is 139. The summed E-state index contributed by atoms with van der Waals surface area (Å²) in [4.78, 5) is 0. The van der Waals surface area contributed by atoms with Crippen LogP contribution >= 0.6 is 0 Å². The van der Waals surface area contributed by atoms with E-state index in [0.717, 1.165) is 4.31 Å². The van der Waals surface area contributed by atoms with Gasteiger partial charge in [0.05, 0.1) is 0 Å². The molecule has 0 saturated carbocycles. The Morgan fingerprint density at radius 2 is 1.40 bits per heavy atom. The van der Waals surface area contributed by atoms with E-state index >= 15 is 0 Å². The van der Waals surface area contributed by atoms with Gasteiger partial charge in [0.1, 0.15) is 0 Å². The fourth-order valence-corrected chi connectivity index (χ4v) is 3.88. The SMILES string of the molecule is [CH3][Pt]([CH3])([CH3])[CH]1C=CC=C1.[Pt]. The number of hydrogen-bond acceptors (Lipinski definition) is 0. The summed E-state index contributed by atoms with van der Waals surface area (Å²) >= 11 is -1.29. The van der Waals surface area contributed by atoms with Crippen molar-refractivity contribution in [1.82, 2.24) is 0 Å². The quantitative estimate of drug-likeness (QED) is 0.519. The van der Waals surface area contributed by atoms with Crippen molar-refractivity contribution in [1.29, 1.82) is 0 Å². The number of hydrogen-bond donors (Lipinski definition) is 0. The molecule has 0 aliphatic heterocycles. The summed E-state index contributed by atoms with van der Waals surface area (Å²) in [7, 11) is 0. The van der Waals surface area contributed by atoms with Crippen molar-refractivity contribution in [2.45, 2.75) is 20.2 Å². The fourth-order valence-electron chi connectivity index (χ4n) is 0.756. The Kier molecular flexibility index (Phi) is 4.37. The van der Waals surface area contributed by atoms with Gasteiger partial charge in [-0.3, -0.25) is 0 Å². The summed E-state index contributed by atoms with van der Waals surface area (Å²) in [6, 6.07) is 0. The van der Waals surface area contributed by atoms with Crippen LogP contribution < -0.4 is 0 Å². The number of rotatable bonds is 1. The monoisotopic (exact) mass is 500 g/mol. The Balaban J connectivity index is 0.000000810. The summed E-state index contributed by atoms with van der Waals surface area (Å²) in [5.74, 6) is 0. The van der Waals surface area contributed by atoms with Crippen molar-refractivity contribution in [3.63, 3.8) is 0 Å². The summed E-state index contributed by atoms with van der Waals surface area (Å²) in [5.41, 5.74) is 0. The molecule has 10 heavy (non-hydrogen) atoms. The van der Waals surface area contributed by atoms with E-state index in [1.165, 1.54) is 0 Å². The maximum absolute atomic E-state index is 2.44. The van der Waals surface area contributed by atoms with Crippen molar-refractivity contribution in [2.75, 3.05) is 0 Å². The molecule has 1 aliphatic carbocycles. The van der Waals surface area contributed by atoms with E-state index in [1.54, 1.807) is 0 Å². The Morgan fingerprint density at radius 3 is 1.60 bits per heavy atom. The molecule has 0 aromatic carbocycles. The second-order valence-corrected chi connectivity index (χ2v) is 14.9. The molecule has 1 aliphatic rings. The standard InChI is InChI=1S/C5H5.3CH3.2Pt/c1-2-4-5-3-1;;;;;/h1-5H;3*1H3;;. The van der Waals surface area contributed by atoms with Crippen LogP contribution in [0.15, 0.2) is 24.3 Å². The third kappa shape index (κ3) is 2.85. The molecule has 0 heterocycles. The van der Waals surface area contributed by atoms with Crippen molar-refractivity contribution in [3.05, 3.63) is 24.3 Å². The zero-order valence-electron chi connectivity index (χ0n) is 6.52. The first-order valence-corrected chi connectivity index (χ1v) is 10.9. The molecule has 0 spiro atoms. The van der Waals surface area contributed by atoms with E-state index in [-0.39, 0.29) is 21.1 Å². The minimum atomic E-state index is -1.29. The van der Waals surface area contributed by atoms with Gasteiger partial charge in [-0.05, 0) is 0 Å². The summed E-state index contributed by atoms with van der Waals surface area (Å²) in [6.45, 7) is 0. The summed E-state index contributed by atoms with van der Waals surface area (Å²) < 4.78 is 0.831.